The van der Waals surface area contributed by atoms with Crippen LogP contribution in [0.5, 0.6) is 11.5 Å². The Labute approximate surface area is 198 Å². The monoisotopic (exact) mass is 469 g/mol. The number of ether oxygens (including phenoxy) is 2. The standard InChI is InChI=1S/C24H28ClN5O3/c1-15(2)33-22-17(25)12-16(13-18(22)32-6)8-9-21(31)28-20-14-19(24(3,4)5)29-30(20)23-26-10-7-11-27-23/h7-15H,1-6H3,(H,28,31)/b9-8+. The van der Waals surface area contributed by atoms with Crippen LogP contribution in [0.1, 0.15) is 45.9 Å². The van der Waals surface area contributed by atoms with Gasteiger partial charge in [-0.1, -0.05) is 32.4 Å². The van der Waals surface area contributed by atoms with Crippen LogP contribution in [0.2, 0.25) is 5.02 Å². The van der Waals surface area contributed by atoms with Crippen LogP contribution in [-0.2, 0) is 10.2 Å². The van der Waals surface area contributed by atoms with Crippen LogP contribution >= 0.6 is 11.6 Å². The number of hydrogen-bond acceptors (Lipinski definition) is 6. The summed E-state index contributed by atoms with van der Waals surface area (Å²) in [5.74, 6) is 1.45. The van der Waals surface area contributed by atoms with E-state index in [9.17, 15) is 4.79 Å². The topological polar surface area (TPSA) is 91.2 Å². The molecule has 1 N–H and O–H groups in total. The Kier molecular flexibility index (Phi) is 7.38. The number of rotatable bonds is 7. The molecule has 9 heteroatoms. The third-order valence-electron chi connectivity index (χ3n) is 4.50. The van der Waals surface area contributed by atoms with Crippen molar-refractivity contribution in [1.29, 1.82) is 0 Å². The number of hydrogen-bond donors (Lipinski definition) is 1. The number of anilines is 1. The van der Waals surface area contributed by atoms with E-state index in [2.05, 4.69) is 20.4 Å². The summed E-state index contributed by atoms with van der Waals surface area (Å²) in [6, 6.07) is 7.01. The average Bonchev–Trinajstić information content (AvgIpc) is 3.18. The molecule has 0 fully saturated rings. The van der Waals surface area contributed by atoms with E-state index in [-0.39, 0.29) is 17.4 Å². The van der Waals surface area contributed by atoms with E-state index in [1.54, 1.807) is 43.8 Å². The fourth-order valence-corrected chi connectivity index (χ4v) is 3.18. The van der Waals surface area contributed by atoms with E-state index < -0.39 is 0 Å². The maximum Gasteiger partial charge on any atom is 0.252 e. The summed E-state index contributed by atoms with van der Waals surface area (Å²) in [4.78, 5) is 21.2. The number of benzene rings is 1. The Hall–Kier alpha value is -3.39. The highest BCUT2D eigenvalue weighted by atomic mass is 35.5. The molecule has 0 atom stereocenters. The van der Waals surface area contributed by atoms with Gasteiger partial charge in [-0.2, -0.15) is 9.78 Å². The van der Waals surface area contributed by atoms with Gasteiger partial charge in [0.25, 0.3) is 5.95 Å². The first-order valence-electron chi connectivity index (χ1n) is 10.5. The van der Waals surface area contributed by atoms with Crippen LogP contribution in [0.3, 0.4) is 0 Å². The second kappa shape index (κ2) is 10.0. The summed E-state index contributed by atoms with van der Waals surface area (Å²) in [5, 5.41) is 7.85. The molecule has 2 aromatic heterocycles. The van der Waals surface area contributed by atoms with Crippen LogP contribution in [0.4, 0.5) is 5.82 Å². The second-order valence-electron chi connectivity index (χ2n) is 8.65. The van der Waals surface area contributed by atoms with Crippen molar-refractivity contribution in [3.63, 3.8) is 0 Å². The van der Waals surface area contributed by atoms with Gasteiger partial charge in [0.2, 0.25) is 5.91 Å². The molecule has 0 bridgehead atoms. The second-order valence-corrected chi connectivity index (χ2v) is 9.06. The van der Waals surface area contributed by atoms with Gasteiger partial charge in [-0.05, 0) is 43.7 Å². The van der Waals surface area contributed by atoms with Gasteiger partial charge in [0, 0.05) is 30.0 Å². The minimum absolute atomic E-state index is 0.0556. The molecule has 33 heavy (non-hydrogen) atoms. The van der Waals surface area contributed by atoms with Crippen LogP contribution in [-0.4, -0.2) is 38.9 Å². The number of nitrogens with one attached hydrogen (secondary N) is 1. The van der Waals surface area contributed by atoms with Gasteiger partial charge in [-0.3, -0.25) is 4.79 Å². The fraction of sp³-hybridized carbons (Fsp3) is 0.333. The number of nitrogens with zero attached hydrogens (tertiary/aromatic N) is 4. The molecule has 3 rings (SSSR count). The third-order valence-corrected chi connectivity index (χ3v) is 4.78. The van der Waals surface area contributed by atoms with Crippen LogP contribution < -0.4 is 14.8 Å². The van der Waals surface area contributed by atoms with E-state index in [0.717, 1.165) is 5.69 Å². The smallest absolute Gasteiger partial charge is 0.252 e. The number of amides is 1. The zero-order valence-corrected chi connectivity index (χ0v) is 20.3. The molecule has 0 saturated heterocycles. The van der Waals surface area contributed by atoms with E-state index in [0.29, 0.717) is 33.9 Å². The lowest BCUT2D eigenvalue weighted by Crippen LogP contribution is -2.14. The fourth-order valence-electron chi connectivity index (χ4n) is 2.92. The zero-order valence-electron chi connectivity index (χ0n) is 19.6. The molecule has 0 spiro atoms. The number of halogens is 1. The van der Waals surface area contributed by atoms with Gasteiger partial charge < -0.3 is 14.8 Å². The van der Waals surface area contributed by atoms with Crippen molar-refractivity contribution in [3.8, 4) is 17.4 Å². The van der Waals surface area contributed by atoms with Gasteiger partial charge in [-0.25, -0.2) is 9.97 Å². The summed E-state index contributed by atoms with van der Waals surface area (Å²) in [6.45, 7) is 9.94. The Morgan fingerprint density at radius 1 is 1.18 bits per heavy atom. The number of methoxy groups -OCH3 is 1. The van der Waals surface area contributed by atoms with Gasteiger partial charge in [0.15, 0.2) is 11.5 Å². The van der Waals surface area contributed by atoms with E-state index >= 15 is 0 Å². The molecule has 1 aromatic carbocycles. The Bertz CT molecular complexity index is 1150. The molecule has 0 unspecified atom stereocenters. The molecule has 174 valence electrons. The summed E-state index contributed by atoms with van der Waals surface area (Å²) in [5.41, 5.74) is 1.27. The van der Waals surface area contributed by atoms with E-state index in [4.69, 9.17) is 21.1 Å². The van der Waals surface area contributed by atoms with E-state index in [1.165, 1.54) is 10.8 Å². The zero-order chi connectivity index (χ0) is 24.2. The molecule has 0 radical (unpaired) electrons. The maximum atomic E-state index is 12.7. The molecular formula is C24H28ClN5O3. The highest BCUT2D eigenvalue weighted by Gasteiger charge is 2.22. The maximum absolute atomic E-state index is 12.7. The lowest BCUT2D eigenvalue weighted by molar-refractivity contribution is -0.111. The molecule has 3 aromatic rings. The van der Waals surface area contributed by atoms with Crippen molar-refractivity contribution < 1.29 is 14.3 Å². The van der Waals surface area contributed by atoms with Gasteiger partial charge >= 0.3 is 0 Å². The lowest BCUT2D eigenvalue weighted by atomic mass is 9.92. The van der Waals surface area contributed by atoms with Crippen LogP contribution in [0.15, 0.2) is 42.7 Å². The summed E-state index contributed by atoms with van der Waals surface area (Å²) in [7, 11) is 1.54. The Morgan fingerprint density at radius 3 is 2.48 bits per heavy atom. The third kappa shape index (κ3) is 6.10. The molecule has 0 saturated carbocycles. The highest BCUT2D eigenvalue weighted by molar-refractivity contribution is 6.32. The Morgan fingerprint density at radius 2 is 1.88 bits per heavy atom. The molecular weight excluding hydrogens is 442 g/mol. The number of aromatic nitrogens is 4. The lowest BCUT2D eigenvalue weighted by Gasteiger charge is -2.15. The molecule has 0 aliphatic heterocycles. The summed E-state index contributed by atoms with van der Waals surface area (Å²) in [6.07, 6.45) is 6.24. The normalized spacial score (nSPS) is 11.8. The van der Waals surface area contributed by atoms with Crippen molar-refractivity contribution in [2.75, 3.05) is 12.4 Å². The van der Waals surface area contributed by atoms with Crippen molar-refractivity contribution in [3.05, 3.63) is 59.0 Å². The quantitative estimate of drug-likeness (QED) is 0.486. The largest absolute Gasteiger partial charge is 0.493 e. The minimum Gasteiger partial charge on any atom is -0.493 e. The van der Waals surface area contributed by atoms with Crippen LogP contribution in [0.25, 0.3) is 12.0 Å². The first-order valence-corrected chi connectivity index (χ1v) is 10.9. The van der Waals surface area contributed by atoms with E-state index in [1.807, 2.05) is 40.7 Å². The SMILES string of the molecule is COc1cc(/C=C/C(=O)Nc2cc(C(C)(C)C)nn2-c2ncccn2)cc(Cl)c1OC(C)C. The Balaban J connectivity index is 1.85. The average molecular weight is 470 g/mol. The predicted molar refractivity (Wildman–Crippen MR) is 129 cm³/mol. The van der Waals surface area contributed by atoms with Crippen molar-refractivity contribution >= 4 is 29.4 Å². The molecule has 0 aliphatic rings. The summed E-state index contributed by atoms with van der Waals surface area (Å²) >= 11 is 6.37. The van der Waals surface area contributed by atoms with Crippen molar-refractivity contribution in [2.45, 2.75) is 46.1 Å². The molecule has 2 heterocycles. The first-order chi connectivity index (χ1) is 15.6. The minimum atomic E-state index is -0.342. The highest BCUT2D eigenvalue weighted by Crippen LogP contribution is 2.37. The predicted octanol–water partition coefficient (Wildman–Crippen LogP) is 5.06. The van der Waals surface area contributed by atoms with Crippen LogP contribution in [0, 0.1) is 0 Å². The number of carbonyl (C=O) groups is 1. The molecule has 8 nitrogen and oxygen atoms in total. The van der Waals surface area contributed by atoms with Gasteiger partial charge in [0.1, 0.15) is 5.82 Å². The van der Waals surface area contributed by atoms with Gasteiger partial charge in [-0.15, -0.1) is 0 Å². The van der Waals surface area contributed by atoms with Crippen molar-refractivity contribution in [1.82, 2.24) is 19.7 Å². The van der Waals surface area contributed by atoms with Gasteiger partial charge in [0.05, 0.1) is 23.9 Å². The number of carbonyl (C=O) groups excluding carboxylic acids is 1. The molecule has 1 amide bonds. The first kappa shape index (κ1) is 24.3. The van der Waals surface area contributed by atoms with Crippen molar-refractivity contribution in [2.24, 2.45) is 0 Å². The molecule has 0 aliphatic carbocycles. The summed E-state index contributed by atoms with van der Waals surface area (Å²) < 4.78 is 12.6.